The zero-order valence-corrected chi connectivity index (χ0v) is 8.07. The Morgan fingerprint density at radius 2 is 1.58 bits per heavy atom. The molecule has 0 saturated heterocycles. The fourth-order valence-electron chi connectivity index (χ4n) is 0.555. The van der Waals surface area contributed by atoms with E-state index in [9.17, 15) is 3.89 Å². The highest BCUT2D eigenvalue weighted by atomic mass is 32.2. The molecule has 0 saturated carbocycles. The van der Waals surface area contributed by atoms with Crippen LogP contribution < -0.4 is 0 Å². The van der Waals surface area contributed by atoms with E-state index < -0.39 is 0 Å². The molecule has 0 heterocycles. The minimum atomic E-state index is 0.288. The Balaban J connectivity index is 2.73. The summed E-state index contributed by atoms with van der Waals surface area (Å²) < 4.78 is 26.4. The molecule has 0 aromatic carbocycles. The van der Waals surface area contributed by atoms with Gasteiger partial charge >= 0.3 is 0 Å². The second-order valence-corrected chi connectivity index (χ2v) is 2.66. The maximum absolute atomic E-state index is 11.5. The zero-order valence-electron chi connectivity index (χ0n) is 7.25. The van der Waals surface area contributed by atoms with Gasteiger partial charge in [0.2, 0.25) is 0 Å². The van der Waals surface area contributed by atoms with Crippen molar-refractivity contribution in [2.45, 2.75) is 0 Å². The molecule has 0 aliphatic carbocycles. The molecule has 74 valence electrons. The van der Waals surface area contributed by atoms with E-state index in [0.29, 0.717) is 38.8 Å². The van der Waals surface area contributed by atoms with Crippen LogP contribution in [0.2, 0.25) is 0 Å². The van der Waals surface area contributed by atoms with Gasteiger partial charge in [-0.1, -0.05) is 0 Å². The summed E-state index contributed by atoms with van der Waals surface area (Å²) in [6.45, 7) is 2.68. The lowest BCUT2D eigenvalue weighted by molar-refractivity contribution is 0.0285. The highest BCUT2D eigenvalue weighted by Crippen LogP contribution is 1.97. The van der Waals surface area contributed by atoms with Gasteiger partial charge in [-0.15, -0.1) is 0 Å². The van der Waals surface area contributed by atoms with Gasteiger partial charge in [0.25, 0.3) is 0 Å². The number of methoxy groups -OCH3 is 1. The second-order valence-electron chi connectivity index (χ2n) is 2.03. The number of hydrogen-bond acceptors (Lipinski definition) is 4. The van der Waals surface area contributed by atoms with E-state index in [0.717, 1.165) is 0 Å². The van der Waals surface area contributed by atoms with Crippen molar-refractivity contribution in [2.75, 3.05) is 45.9 Å². The summed E-state index contributed by atoms with van der Waals surface area (Å²) in [6.07, 6.45) is 0. The summed E-state index contributed by atoms with van der Waals surface area (Å²) in [4.78, 5) is 0. The Kier molecular flexibility index (Phi) is 11.3. The minimum Gasteiger partial charge on any atom is -0.382 e. The highest BCUT2D eigenvalue weighted by Gasteiger charge is 1.89. The van der Waals surface area contributed by atoms with Crippen molar-refractivity contribution < 1.29 is 18.1 Å². The fraction of sp³-hybridized carbons (Fsp3) is 1.00. The molecule has 0 bridgehead atoms. The number of ether oxygens (including phenoxy) is 3. The van der Waals surface area contributed by atoms with Gasteiger partial charge in [0, 0.05) is 25.0 Å². The Hall–Kier alpha value is 0.160. The quantitative estimate of drug-likeness (QED) is 0.522. The van der Waals surface area contributed by atoms with Gasteiger partial charge in [-0.05, 0) is 0 Å². The van der Waals surface area contributed by atoms with Crippen LogP contribution in [0.3, 0.4) is 0 Å². The van der Waals surface area contributed by atoms with E-state index >= 15 is 0 Å². The van der Waals surface area contributed by atoms with E-state index in [2.05, 4.69) is 0 Å². The summed E-state index contributed by atoms with van der Waals surface area (Å²) in [5, 5.41) is 0. The van der Waals surface area contributed by atoms with Gasteiger partial charge in [0.15, 0.2) is 0 Å². The molecule has 0 aromatic rings. The molecule has 0 fully saturated rings. The summed E-state index contributed by atoms with van der Waals surface area (Å²) in [5.41, 5.74) is 0. The van der Waals surface area contributed by atoms with Gasteiger partial charge in [-0.3, -0.25) is 0 Å². The van der Waals surface area contributed by atoms with Crippen LogP contribution in [-0.4, -0.2) is 45.9 Å². The number of hydrogen-bond donors (Lipinski definition) is 0. The number of rotatable bonds is 9. The van der Waals surface area contributed by atoms with E-state index in [1.54, 1.807) is 7.11 Å². The Bertz CT molecular complexity index is 75.1. The molecule has 0 N–H and O–H groups in total. The SMILES string of the molecule is COCCOCCOCCSF. The molecule has 0 radical (unpaired) electrons. The average molecular weight is 198 g/mol. The smallest absolute Gasteiger partial charge is 0.0701 e. The Morgan fingerprint density at radius 3 is 2.17 bits per heavy atom. The van der Waals surface area contributed by atoms with Crippen LogP contribution in [0.25, 0.3) is 0 Å². The van der Waals surface area contributed by atoms with Crippen molar-refractivity contribution in [3.63, 3.8) is 0 Å². The molecule has 0 spiro atoms. The van der Waals surface area contributed by atoms with E-state index in [4.69, 9.17) is 14.2 Å². The number of halogens is 1. The third-order valence-corrected chi connectivity index (χ3v) is 1.43. The second kappa shape index (κ2) is 11.2. The molecule has 0 amide bonds. The Labute approximate surface area is 76.9 Å². The van der Waals surface area contributed by atoms with Crippen LogP contribution >= 0.6 is 12.1 Å². The normalized spacial score (nSPS) is 10.5. The maximum Gasteiger partial charge on any atom is 0.0701 e. The van der Waals surface area contributed by atoms with Crippen LogP contribution in [0, 0.1) is 0 Å². The lowest BCUT2D eigenvalue weighted by Crippen LogP contribution is -2.09. The van der Waals surface area contributed by atoms with Crippen molar-refractivity contribution in [1.29, 1.82) is 0 Å². The van der Waals surface area contributed by atoms with Gasteiger partial charge in [-0.2, -0.15) is 3.89 Å². The lowest BCUT2D eigenvalue weighted by Gasteiger charge is -2.03. The van der Waals surface area contributed by atoms with Gasteiger partial charge in [0.1, 0.15) is 0 Å². The predicted molar refractivity (Wildman–Crippen MR) is 47.1 cm³/mol. The van der Waals surface area contributed by atoms with E-state index in [-0.39, 0.29) is 12.1 Å². The first kappa shape index (κ1) is 12.2. The van der Waals surface area contributed by atoms with Crippen LogP contribution in [-0.2, 0) is 14.2 Å². The first-order valence-electron chi connectivity index (χ1n) is 3.79. The standard InChI is InChI=1S/C7H15FO3S/c1-9-2-3-10-4-5-11-6-7-12-8/h2-7H2,1H3. The van der Waals surface area contributed by atoms with E-state index in [1.807, 2.05) is 0 Å². The molecule has 0 unspecified atom stereocenters. The summed E-state index contributed by atoms with van der Waals surface area (Å²) in [6, 6.07) is 0. The molecule has 5 heteroatoms. The average Bonchev–Trinajstić information content (AvgIpc) is 2.10. The molecule has 12 heavy (non-hydrogen) atoms. The molecule has 0 rings (SSSR count). The molecule has 3 nitrogen and oxygen atoms in total. The largest absolute Gasteiger partial charge is 0.382 e. The predicted octanol–water partition coefficient (Wildman–Crippen LogP) is 1.28. The topological polar surface area (TPSA) is 27.7 Å². The van der Waals surface area contributed by atoms with Crippen LogP contribution in [0.1, 0.15) is 0 Å². The van der Waals surface area contributed by atoms with Crippen molar-refractivity contribution in [3.05, 3.63) is 0 Å². The van der Waals surface area contributed by atoms with Crippen LogP contribution in [0.15, 0.2) is 0 Å². The first-order chi connectivity index (χ1) is 5.91. The van der Waals surface area contributed by atoms with Crippen molar-refractivity contribution in [1.82, 2.24) is 0 Å². The molecule has 0 atom stereocenters. The van der Waals surface area contributed by atoms with E-state index in [1.165, 1.54) is 0 Å². The van der Waals surface area contributed by atoms with Crippen molar-refractivity contribution in [2.24, 2.45) is 0 Å². The maximum atomic E-state index is 11.5. The lowest BCUT2D eigenvalue weighted by atomic mass is 10.7. The first-order valence-corrected chi connectivity index (χ1v) is 4.68. The third-order valence-electron chi connectivity index (χ3n) is 1.11. The zero-order chi connectivity index (χ0) is 9.07. The molecular formula is C7H15FO3S. The van der Waals surface area contributed by atoms with Crippen molar-refractivity contribution >= 4 is 12.1 Å². The minimum absolute atomic E-state index is 0.288. The van der Waals surface area contributed by atoms with Gasteiger partial charge in [-0.25, -0.2) is 0 Å². The van der Waals surface area contributed by atoms with Gasteiger partial charge in [0.05, 0.1) is 33.0 Å². The van der Waals surface area contributed by atoms with Crippen LogP contribution in [0.5, 0.6) is 0 Å². The molecule has 0 aliphatic heterocycles. The molecule has 0 aromatic heterocycles. The monoisotopic (exact) mass is 198 g/mol. The fourth-order valence-corrected chi connectivity index (χ4v) is 0.736. The van der Waals surface area contributed by atoms with Crippen molar-refractivity contribution in [3.8, 4) is 0 Å². The highest BCUT2D eigenvalue weighted by molar-refractivity contribution is 7.94. The van der Waals surface area contributed by atoms with Gasteiger partial charge < -0.3 is 14.2 Å². The summed E-state index contributed by atoms with van der Waals surface area (Å²) in [5.74, 6) is 0.387. The van der Waals surface area contributed by atoms with Crippen LogP contribution in [0.4, 0.5) is 3.89 Å². The Morgan fingerprint density at radius 1 is 1.00 bits per heavy atom. The third kappa shape index (κ3) is 10.2. The summed E-state index contributed by atoms with van der Waals surface area (Å²) >= 11 is 0.288. The summed E-state index contributed by atoms with van der Waals surface area (Å²) in [7, 11) is 1.62. The molecule has 0 aliphatic rings. The molecular weight excluding hydrogens is 183 g/mol.